The topological polar surface area (TPSA) is 115 Å². The SMILES string of the molecule is CC(C)(N)CNC(=O)c1csc(S(N)(=O)=O)c1. The van der Waals surface area contributed by atoms with Gasteiger partial charge in [-0.25, -0.2) is 13.6 Å². The number of thiophene rings is 1. The van der Waals surface area contributed by atoms with E-state index in [1.165, 1.54) is 11.4 Å². The Hall–Kier alpha value is -0.960. The van der Waals surface area contributed by atoms with Crippen LogP contribution >= 0.6 is 11.3 Å². The largest absolute Gasteiger partial charge is 0.350 e. The zero-order valence-electron chi connectivity index (χ0n) is 9.56. The number of amides is 1. The van der Waals surface area contributed by atoms with Crippen molar-refractivity contribution in [3.8, 4) is 0 Å². The summed E-state index contributed by atoms with van der Waals surface area (Å²) in [6.07, 6.45) is 0. The molecule has 17 heavy (non-hydrogen) atoms. The second-order valence-corrected chi connectivity index (χ2v) is 7.07. The van der Waals surface area contributed by atoms with Crippen molar-refractivity contribution in [3.05, 3.63) is 17.0 Å². The molecule has 0 aliphatic rings. The molecule has 6 nitrogen and oxygen atoms in total. The van der Waals surface area contributed by atoms with Gasteiger partial charge in [-0.1, -0.05) is 0 Å². The average molecular weight is 277 g/mol. The summed E-state index contributed by atoms with van der Waals surface area (Å²) in [6, 6.07) is 1.25. The normalized spacial score (nSPS) is 12.5. The zero-order chi connectivity index (χ0) is 13.3. The number of hydrogen-bond donors (Lipinski definition) is 3. The minimum Gasteiger partial charge on any atom is -0.350 e. The van der Waals surface area contributed by atoms with Crippen LogP contribution in [-0.2, 0) is 10.0 Å². The fourth-order valence-electron chi connectivity index (χ4n) is 0.995. The third-order valence-corrected chi connectivity index (χ3v) is 4.21. The lowest BCUT2D eigenvalue weighted by atomic mass is 10.1. The lowest BCUT2D eigenvalue weighted by Crippen LogP contribution is -2.45. The van der Waals surface area contributed by atoms with Gasteiger partial charge in [-0.3, -0.25) is 4.79 Å². The van der Waals surface area contributed by atoms with Crippen LogP contribution in [0.15, 0.2) is 15.7 Å². The zero-order valence-corrected chi connectivity index (χ0v) is 11.2. The summed E-state index contributed by atoms with van der Waals surface area (Å²) in [6.45, 7) is 3.85. The monoisotopic (exact) mass is 277 g/mol. The van der Waals surface area contributed by atoms with E-state index in [1.54, 1.807) is 13.8 Å². The molecule has 0 spiro atoms. The van der Waals surface area contributed by atoms with E-state index in [2.05, 4.69) is 5.32 Å². The minimum absolute atomic E-state index is 0.0327. The Bertz CT molecular complexity index is 514. The Kier molecular flexibility index (Phi) is 3.92. The van der Waals surface area contributed by atoms with Gasteiger partial charge >= 0.3 is 0 Å². The highest BCUT2D eigenvalue weighted by Gasteiger charge is 2.17. The van der Waals surface area contributed by atoms with Gasteiger partial charge in [0.1, 0.15) is 4.21 Å². The Morgan fingerprint density at radius 3 is 2.53 bits per heavy atom. The van der Waals surface area contributed by atoms with Crippen LogP contribution in [0, 0.1) is 0 Å². The lowest BCUT2D eigenvalue weighted by molar-refractivity contribution is 0.0946. The summed E-state index contributed by atoms with van der Waals surface area (Å²) >= 11 is 0.913. The van der Waals surface area contributed by atoms with Crippen molar-refractivity contribution in [2.24, 2.45) is 10.9 Å². The van der Waals surface area contributed by atoms with Gasteiger partial charge in [0.15, 0.2) is 0 Å². The van der Waals surface area contributed by atoms with E-state index in [0.29, 0.717) is 6.54 Å². The molecule has 0 bridgehead atoms. The van der Waals surface area contributed by atoms with Crippen LogP contribution in [0.3, 0.4) is 0 Å². The fraction of sp³-hybridized carbons (Fsp3) is 0.444. The van der Waals surface area contributed by atoms with E-state index in [0.717, 1.165) is 11.3 Å². The third-order valence-electron chi connectivity index (χ3n) is 1.82. The molecule has 0 fully saturated rings. The van der Waals surface area contributed by atoms with E-state index < -0.39 is 15.6 Å². The highest BCUT2D eigenvalue weighted by Crippen LogP contribution is 2.18. The molecule has 8 heteroatoms. The average Bonchev–Trinajstić information content (AvgIpc) is 2.60. The molecule has 1 heterocycles. The van der Waals surface area contributed by atoms with Crippen molar-refractivity contribution in [2.45, 2.75) is 23.6 Å². The first kappa shape index (κ1) is 14.1. The Morgan fingerprint density at radius 2 is 2.12 bits per heavy atom. The summed E-state index contributed by atoms with van der Waals surface area (Å²) in [5.41, 5.74) is 5.46. The molecular weight excluding hydrogens is 262 g/mol. The summed E-state index contributed by atoms with van der Waals surface area (Å²) in [5, 5.41) is 9.00. The van der Waals surface area contributed by atoms with Crippen LogP contribution in [0.1, 0.15) is 24.2 Å². The number of sulfonamides is 1. The Balaban J connectivity index is 2.75. The van der Waals surface area contributed by atoms with E-state index in [4.69, 9.17) is 10.9 Å². The first-order valence-electron chi connectivity index (χ1n) is 4.78. The molecule has 0 aliphatic carbocycles. The molecule has 1 amide bonds. The number of carbonyl (C=O) groups is 1. The standard InChI is InChI=1S/C9H15N3O3S2/c1-9(2,10)5-12-8(13)6-3-7(16-4-6)17(11,14)15/h3-4H,5,10H2,1-2H3,(H,12,13)(H2,11,14,15). The molecule has 1 rings (SSSR count). The highest BCUT2D eigenvalue weighted by atomic mass is 32.2. The number of nitrogens with one attached hydrogen (secondary N) is 1. The van der Waals surface area contributed by atoms with Crippen molar-refractivity contribution in [3.63, 3.8) is 0 Å². The Labute approximate surface area is 104 Å². The van der Waals surface area contributed by atoms with Crippen LogP contribution in [0.5, 0.6) is 0 Å². The van der Waals surface area contributed by atoms with Crippen LogP contribution in [0.4, 0.5) is 0 Å². The fourth-order valence-corrected chi connectivity index (χ4v) is 2.58. The molecule has 1 aromatic heterocycles. The molecule has 5 N–H and O–H groups in total. The van der Waals surface area contributed by atoms with Gasteiger partial charge in [-0.15, -0.1) is 11.3 Å². The van der Waals surface area contributed by atoms with Crippen molar-refractivity contribution in [1.29, 1.82) is 0 Å². The highest BCUT2D eigenvalue weighted by molar-refractivity contribution is 7.91. The van der Waals surface area contributed by atoms with Gasteiger partial charge in [-0.05, 0) is 19.9 Å². The second-order valence-electron chi connectivity index (χ2n) is 4.37. The van der Waals surface area contributed by atoms with Crippen LogP contribution < -0.4 is 16.2 Å². The predicted molar refractivity (Wildman–Crippen MR) is 66.3 cm³/mol. The summed E-state index contributed by atoms with van der Waals surface area (Å²) in [5.74, 6) is -0.366. The van der Waals surface area contributed by atoms with Crippen molar-refractivity contribution >= 4 is 27.3 Å². The molecule has 0 atom stereocenters. The summed E-state index contributed by atoms with van der Waals surface area (Å²) in [4.78, 5) is 11.6. The molecule has 0 aliphatic heterocycles. The maximum absolute atomic E-state index is 11.6. The maximum atomic E-state index is 11.6. The first-order valence-corrected chi connectivity index (χ1v) is 7.20. The summed E-state index contributed by atoms with van der Waals surface area (Å²) < 4.78 is 22.0. The van der Waals surface area contributed by atoms with E-state index in [9.17, 15) is 13.2 Å². The van der Waals surface area contributed by atoms with Crippen molar-refractivity contribution in [1.82, 2.24) is 5.32 Å². The van der Waals surface area contributed by atoms with E-state index >= 15 is 0 Å². The number of rotatable bonds is 4. The first-order chi connectivity index (χ1) is 7.59. The minimum atomic E-state index is -3.75. The van der Waals surface area contributed by atoms with Gasteiger partial charge in [0.25, 0.3) is 5.91 Å². The molecule has 0 radical (unpaired) electrons. The molecule has 96 valence electrons. The lowest BCUT2D eigenvalue weighted by Gasteiger charge is -2.18. The molecule has 0 saturated heterocycles. The van der Waals surface area contributed by atoms with Crippen molar-refractivity contribution < 1.29 is 13.2 Å². The van der Waals surface area contributed by atoms with Gasteiger partial charge < -0.3 is 11.1 Å². The van der Waals surface area contributed by atoms with Crippen LogP contribution in [-0.4, -0.2) is 26.4 Å². The van der Waals surface area contributed by atoms with Crippen molar-refractivity contribution in [2.75, 3.05) is 6.54 Å². The molecule has 0 saturated carbocycles. The van der Waals surface area contributed by atoms with Crippen LogP contribution in [0.2, 0.25) is 0 Å². The third kappa shape index (κ3) is 4.43. The van der Waals surface area contributed by atoms with Gasteiger partial charge in [-0.2, -0.15) is 0 Å². The number of primary sulfonamides is 1. The molecule has 0 aromatic carbocycles. The molecular formula is C9H15N3O3S2. The van der Waals surface area contributed by atoms with E-state index in [-0.39, 0.29) is 15.7 Å². The second kappa shape index (κ2) is 4.73. The maximum Gasteiger partial charge on any atom is 0.252 e. The van der Waals surface area contributed by atoms with Gasteiger partial charge in [0.2, 0.25) is 10.0 Å². The molecule has 1 aromatic rings. The van der Waals surface area contributed by atoms with Gasteiger partial charge in [0.05, 0.1) is 5.56 Å². The smallest absolute Gasteiger partial charge is 0.252 e. The van der Waals surface area contributed by atoms with Gasteiger partial charge in [0, 0.05) is 17.5 Å². The number of hydrogen-bond acceptors (Lipinski definition) is 5. The number of nitrogens with two attached hydrogens (primary N) is 2. The predicted octanol–water partition coefficient (Wildman–Crippen LogP) is -0.137. The molecule has 0 unspecified atom stereocenters. The summed E-state index contributed by atoms with van der Waals surface area (Å²) in [7, 11) is -3.75. The van der Waals surface area contributed by atoms with E-state index in [1.807, 2.05) is 0 Å². The number of carbonyl (C=O) groups excluding carboxylic acids is 1. The Morgan fingerprint density at radius 1 is 1.53 bits per heavy atom. The van der Waals surface area contributed by atoms with Crippen LogP contribution in [0.25, 0.3) is 0 Å². The quantitative estimate of drug-likeness (QED) is 0.710.